The Labute approximate surface area is 451 Å². The number of carbonyl (C=O) groups is 1. The number of nitriles is 1. The number of rotatable bonds is 24. The normalized spacial score (nSPS) is 17.0. The summed E-state index contributed by atoms with van der Waals surface area (Å²) in [5.74, 6) is 1.88. The van der Waals surface area contributed by atoms with Gasteiger partial charge in [-0.05, 0) is 103 Å². The molecule has 0 N–H and O–H groups in total. The lowest BCUT2D eigenvalue weighted by atomic mass is 9.80. The zero-order valence-electron chi connectivity index (χ0n) is 44.3. The minimum absolute atomic E-state index is 0.000968. The molecular formula is C60H64N7O9P. The Bertz CT molecular complexity index is 3180. The van der Waals surface area contributed by atoms with Crippen molar-refractivity contribution in [1.29, 1.82) is 5.26 Å². The first kappa shape index (κ1) is 54.5. The van der Waals surface area contributed by atoms with E-state index in [4.69, 9.17) is 52.4 Å². The van der Waals surface area contributed by atoms with E-state index < -0.39 is 38.7 Å². The molecule has 1 aliphatic heterocycles. The Hall–Kier alpha value is -7.32. The second-order valence-corrected chi connectivity index (χ2v) is 20.4. The van der Waals surface area contributed by atoms with Gasteiger partial charge in [0.2, 0.25) is 0 Å². The second-order valence-electron chi connectivity index (χ2n) is 19.0. The highest BCUT2D eigenvalue weighted by molar-refractivity contribution is 7.44. The number of imidazole rings is 1. The number of hydrogen-bond donors (Lipinski definition) is 0. The van der Waals surface area contributed by atoms with Gasteiger partial charge in [-0.2, -0.15) is 5.26 Å². The van der Waals surface area contributed by atoms with Gasteiger partial charge in [0.05, 0.1) is 52.8 Å². The summed E-state index contributed by atoms with van der Waals surface area (Å²) in [6.07, 6.45) is -0.165. The Kier molecular flexibility index (Phi) is 17.8. The van der Waals surface area contributed by atoms with Gasteiger partial charge in [-0.1, -0.05) is 109 Å². The molecule has 1 amide bonds. The fourth-order valence-electron chi connectivity index (χ4n) is 9.89. The Morgan fingerprint density at radius 1 is 0.740 bits per heavy atom. The molecule has 1 fully saturated rings. The van der Waals surface area contributed by atoms with Crippen LogP contribution in [0.5, 0.6) is 17.2 Å². The highest BCUT2D eigenvalue weighted by Crippen LogP contribution is 2.52. The van der Waals surface area contributed by atoms with Crippen molar-refractivity contribution >= 4 is 42.2 Å². The van der Waals surface area contributed by atoms with Gasteiger partial charge in [0.25, 0.3) is 14.4 Å². The number of anilines is 1. The predicted octanol–water partition coefficient (Wildman–Crippen LogP) is 11.2. The molecule has 17 heteroatoms. The van der Waals surface area contributed by atoms with E-state index in [1.807, 2.05) is 127 Å². The van der Waals surface area contributed by atoms with Gasteiger partial charge in [0.1, 0.15) is 47.5 Å². The predicted molar refractivity (Wildman–Crippen MR) is 295 cm³/mol. The van der Waals surface area contributed by atoms with Gasteiger partial charge in [0.15, 0.2) is 29.8 Å². The molecule has 0 aliphatic carbocycles. The zero-order valence-corrected chi connectivity index (χ0v) is 45.2. The van der Waals surface area contributed by atoms with Crippen LogP contribution in [0, 0.1) is 11.3 Å². The molecule has 0 spiro atoms. The van der Waals surface area contributed by atoms with E-state index in [1.165, 1.54) is 6.33 Å². The molecule has 0 radical (unpaired) electrons. The number of methoxy groups -OCH3 is 3. The average Bonchev–Trinajstić information content (AvgIpc) is 4.07. The summed E-state index contributed by atoms with van der Waals surface area (Å²) in [4.78, 5) is 30.6. The molecule has 6 aromatic carbocycles. The number of fused-ring (bicyclic) bond motifs is 2. The van der Waals surface area contributed by atoms with Crippen molar-refractivity contribution < 1.29 is 42.3 Å². The SMILES string of the molecule is COc1ccc(C(OC[C@H]2O[C@@H](n3cnc4c(N(Cc5ccc6ccccc6c5)C(=O)COc5ccccc5)ncnc43)C(OC)C2OP(OCCC#N)N(C(C)C)C(C)C)(c2ccccc2)c2ccc(OC)cc2)cc1. The zero-order chi connectivity index (χ0) is 53.9. The van der Waals surface area contributed by atoms with Crippen molar-refractivity contribution in [2.45, 2.75) is 82.9 Å². The molecule has 77 heavy (non-hydrogen) atoms. The fraction of sp³-hybridized carbons (Fsp3) is 0.317. The van der Waals surface area contributed by atoms with Crippen LogP contribution in [0.3, 0.4) is 0 Å². The lowest BCUT2D eigenvalue weighted by Gasteiger charge is -2.39. The van der Waals surface area contributed by atoms with E-state index in [9.17, 15) is 10.1 Å². The smallest absolute Gasteiger partial charge is 0.266 e. The summed E-state index contributed by atoms with van der Waals surface area (Å²) >= 11 is 0. The quantitative estimate of drug-likeness (QED) is 0.0319. The van der Waals surface area contributed by atoms with Crippen molar-refractivity contribution in [2.24, 2.45) is 0 Å². The maximum atomic E-state index is 14.5. The topological polar surface area (TPSA) is 165 Å². The number of para-hydroxylation sites is 1. The Morgan fingerprint density at radius 3 is 1.99 bits per heavy atom. The molecule has 0 bridgehead atoms. The average molecular weight is 1060 g/mol. The highest BCUT2D eigenvalue weighted by Gasteiger charge is 2.51. The van der Waals surface area contributed by atoms with E-state index >= 15 is 0 Å². The van der Waals surface area contributed by atoms with Crippen molar-refractivity contribution in [3.63, 3.8) is 0 Å². The summed E-state index contributed by atoms with van der Waals surface area (Å²) in [5.41, 5.74) is 2.94. The first-order valence-corrected chi connectivity index (χ1v) is 26.7. The van der Waals surface area contributed by atoms with Gasteiger partial charge in [-0.15, -0.1) is 0 Å². The lowest BCUT2D eigenvalue weighted by Crippen LogP contribution is -2.42. The van der Waals surface area contributed by atoms with Gasteiger partial charge in [-0.25, -0.2) is 19.6 Å². The third-order valence-corrected chi connectivity index (χ3v) is 15.6. The largest absolute Gasteiger partial charge is 0.497 e. The van der Waals surface area contributed by atoms with Crippen LogP contribution in [-0.2, 0) is 40.2 Å². The molecule has 8 aromatic rings. The van der Waals surface area contributed by atoms with E-state index in [0.29, 0.717) is 28.4 Å². The molecule has 9 rings (SSSR count). The highest BCUT2D eigenvalue weighted by atomic mass is 31.2. The number of aromatic nitrogens is 4. The van der Waals surface area contributed by atoms with Crippen LogP contribution < -0.4 is 19.1 Å². The standard InChI is InChI=1S/C60H64N7O9P/c1-41(2)67(42(3)4)77(74-34-16-33-61)76-55-52(37-73-60(46-19-10-8-11-20-46,47-25-29-49(69-5)30-26-47)48-27-31-50(70-6)32-28-48)75-59(56(55)71-7)66-40-64-54-57(62-39-63-58(54)66)65(53(68)38-72-51-21-12-9-13-22-51)36-43-23-24-44-17-14-15-18-45(44)35-43/h8-15,17-32,35,39-42,52,55-56,59H,16,34,36-38H2,1-7H3/t52-,55?,56?,59-,77?/m1/s1. The monoisotopic (exact) mass is 1060 g/mol. The Balaban J connectivity index is 1.14. The summed E-state index contributed by atoms with van der Waals surface area (Å²) in [6, 6.07) is 51.3. The summed E-state index contributed by atoms with van der Waals surface area (Å²) in [6.45, 7) is 8.37. The van der Waals surface area contributed by atoms with Crippen LogP contribution in [0.15, 0.2) is 164 Å². The van der Waals surface area contributed by atoms with Gasteiger partial charge >= 0.3 is 0 Å². The fourth-order valence-corrected chi connectivity index (χ4v) is 11.7. The van der Waals surface area contributed by atoms with Crippen LogP contribution in [0.2, 0.25) is 0 Å². The van der Waals surface area contributed by atoms with E-state index in [-0.39, 0.29) is 56.6 Å². The lowest BCUT2D eigenvalue weighted by molar-refractivity contribution is -0.120. The molecular weight excluding hydrogens is 994 g/mol. The van der Waals surface area contributed by atoms with Crippen molar-refractivity contribution in [3.05, 3.63) is 187 Å². The molecule has 5 atom stereocenters. The van der Waals surface area contributed by atoms with Crippen molar-refractivity contribution in [2.75, 3.05) is 46.0 Å². The van der Waals surface area contributed by atoms with Gasteiger partial charge in [-0.3, -0.25) is 14.3 Å². The number of hydrogen-bond acceptors (Lipinski definition) is 14. The third-order valence-electron chi connectivity index (χ3n) is 13.5. The van der Waals surface area contributed by atoms with Crippen LogP contribution in [0.4, 0.5) is 5.82 Å². The first-order chi connectivity index (χ1) is 37.6. The van der Waals surface area contributed by atoms with E-state index in [1.54, 1.807) is 49.3 Å². The van der Waals surface area contributed by atoms with Gasteiger partial charge in [0, 0.05) is 19.2 Å². The van der Waals surface area contributed by atoms with E-state index in [0.717, 1.165) is 33.0 Å². The molecule has 16 nitrogen and oxygen atoms in total. The molecule has 3 unspecified atom stereocenters. The Morgan fingerprint density at radius 2 is 1.36 bits per heavy atom. The second kappa shape index (κ2) is 25.2. The summed E-state index contributed by atoms with van der Waals surface area (Å²) in [5, 5.41) is 11.7. The van der Waals surface area contributed by atoms with Crippen molar-refractivity contribution in [1.82, 2.24) is 24.2 Å². The van der Waals surface area contributed by atoms with Crippen LogP contribution >= 0.6 is 8.53 Å². The third kappa shape index (κ3) is 12.0. The minimum atomic E-state index is -1.82. The number of ether oxygens (including phenoxy) is 6. The van der Waals surface area contributed by atoms with Crippen LogP contribution in [0.25, 0.3) is 21.9 Å². The molecule has 3 heterocycles. The van der Waals surface area contributed by atoms with E-state index in [2.05, 4.69) is 50.6 Å². The van der Waals surface area contributed by atoms with Crippen molar-refractivity contribution in [3.8, 4) is 23.3 Å². The van der Waals surface area contributed by atoms with Crippen LogP contribution in [-0.4, -0.2) is 102 Å². The maximum absolute atomic E-state index is 14.5. The number of nitrogens with zero attached hydrogens (tertiary/aromatic N) is 7. The molecule has 398 valence electrons. The van der Waals surface area contributed by atoms with Crippen LogP contribution in [0.1, 0.15) is 62.6 Å². The molecule has 1 aliphatic rings. The molecule has 2 aromatic heterocycles. The maximum Gasteiger partial charge on any atom is 0.266 e. The minimum Gasteiger partial charge on any atom is -0.497 e. The summed E-state index contributed by atoms with van der Waals surface area (Å²) in [7, 11) is 3.06. The molecule has 0 saturated carbocycles. The van der Waals surface area contributed by atoms with Gasteiger partial charge < -0.3 is 37.5 Å². The molecule has 1 saturated heterocycles. The number of carbonyl (C=O) groups excluding carboxylic acids is 1. The number of amides is 1. The first-order valence-electron chi connectivity index (χ1n) is 25.6. The summed E-state index contributed by atoms with van der Waals surface area (Å²) < 4.78 is 56.3. The number of benzene rings is 6.